The molecule has 0 saturated heterocycles. The number of rotatable bonds is 4. The molecule has 2 N–H and O–H groups in total. The quantitative estimate of drug-likeness (QED) is 0.785. The van der Waals surface area contributed by atoms with Crippen LogP contribution in [0.2, 0.25) is 0 Å². The van der Waals surface area contributed by atoms with Crippen molar-refractivity contribution in [3.05, 3.63) is 35.6 Å². The number of hydrogen-bond donors (Lipinski definition) is 1. The molecule has 1 rings (SSSR count). The molecule has 1 nitrogen and oxygen atoms in total. The Morgan fingerprint density at radius 1 is 1.43 bits per heavy atom. The van der Waals surface area contributed by atoms with Gasteiger partial charge >= 0.3 is 0 Å². The van der Waals surface area contributed by atoms with Crippen LogP contribution in [0.1, 0.15) is 38.2 Å². The minimum absolute atomic E-state index is 0.127. The van der Waals surface area contributed by atoms with E-state index in [1.54, 1.807) is 12.1 Å². The summed E-state index contributed by atoms with van der Waals surface area (Å²) in [6.45, 7) is 4.16. The average Bonchev–Trinajstić information content (AvgIpc) is 2.17. The molecule has 2 unspecified atom stereocenters. The van der Waals surface area contributed by atoms with Crippen LogP contribution in [0.25, 0.3) is 0 Å². The van der Waals surface area contributed by atoms with Crippen molar-refractivity contribution in [2.24, 2.45) is 5.73 Å². The Labute approximate surface area is 85.1 Å². The zero-order valence-corrected chi connectivity index (χ0v) is 8.83. The molecule has 0 aromatic heterocycles. The van der Waals surface area contributed by atoms with Gasteiger partial charge in [0, 0.05) is 6.04 Å². The predicted molar refractivity (Wildman–Crippen MR) is 57.7 cm³/mol. The lowest BCUT2D eigenvalue weighted by Gasteiger charge is -2.19. The van der Waals surface area contributed by atoms with Gasteiger partial charge in [0.25, 0.3) is 0 Å². The molecule has 0 aliphatic heterocycles. The van der Waals surface area contributed by atoms with Crippen molar-refractivity contribution in [1.82, 2.24) is 0 Å². The van der Waals surface area contributed by atoms with Gasteiger partial charge in [-0.15, -0.1) is 0 Å². The van der Waals surface area contributed by atoms with Crippen molar-refractivity contribution < 1.29 is 4.39 Å². The van der Waals surface area contributed by atoms with Crippen molar-refractivity contribution in [1.29, 1.82) is 0 Å². The van der Waals surface area contributed by atoms with Crippen LogP contribution in [0.15, 0.2) is 24.3 Å². The van der Waals surface area contributed by atoms with Crippen LogP contribution in [-0.4, -0.2) is 6.04 Å². The smallest absolute Gasteiger partial charge is 0.123 e. The minimum Gasteiger partial charge on any atom is -0.327 e. The lowest BCUT2D eigenvalue weighted by atomic mass is 9.91. The highest BCUT2D eigenvalue weighted by molar-refractivity contribution is 5.21. The van der Waals surface area contributed by atoms with Gasteiger partial charge in [-0.2, -0.15) is 0 Å². The van der Waals surface area contributed by atoms with Gasteiger partial charge in [-0.1, -0.05) is 32.4 Å². The third-order valence-electron chi connectivity index (χ3n) is 2.64. The van der Waals surface area contributed by atoms with E-state index in [0.717, 1.165) is 18.4 Å². The van der Waals surface area contributed by atoms with Crippen molar-refractivity contribution >= 4 is 0 Å². The highest BCUT2D eigenvalue weighted by atomic mass is 19.1. The van der Waals surface area contributed by atoms with Gasteiger partial charge in [0.15, 0.2) is 0 Å². The fourth-order valence-electron chi connectivity index (χ4n) is 1.62. The molecule has 0 saturated carbocycles. The standard InChI is InChI=1S/C12H18FN/c1-3-5-12(14)9(2)10-6-4-7-11(13)8-10/h4,6-9,12H,3,5,14H2,1-2H3. The van der Waals surface area contributed by atoms with E-state index in [2.05, 4.69) is 13.8 Å². The molecule has 0 spiro atoms. The van der Waals surface area contributed by atoms with Gasteiger partial charge in [0.05, 0.1) is 0 Å². The van der Waals surface area contributed by atoms with Gasteiger partial charge in [-0.3, -0.25) is 0 Å². The van der Waals surface area contributed by atoms with Gasteiger partial charge in [0.1, 0.15) is 5.82 Å². The molecular formula is C12H18FN. The van der Waals surface area contributed by atoms with E-state index in [1.807, 2.05) is 6.07 Å². The maximum Gasteiger partial charge on any atom is 0.123 e. The molecule has 0 radical (unpaired) electrons. The van der Waals surface area contributed by atoms with Crippen LogP contribution >= 0.6 is 0 Å². The Morgan fingerprint density at radius 3 is 2.71 bits per heavy atom. The Bertz CT molecular complexity index is 285. The minimum atomic E-state index is -0.182. The van der Waals surface area contributed by atoms with E-state index in [0.29, 0.717) is 0 Å². The molecule has 1 aromatic rings. The molecule has 78 valence electrons. The largest absolute Gasteiger partial charge is 0.327 e. The van der Waals surface area contributed by atoms with E-state index in [-0.39, 0.29) is 17.8 Å². The second-order valence-electron chi connectivity index (χ2n) is 3.80. The normalized spacial score (nSPS) is 15.1. The molecule has 0 bridgehead atoms. The van der Waals surface area contributed by atoms with Gasteiger partial charge in [-0.25, -0.2) is 4.39 Å². The summed E-state index contributed by atoms with van der Waals surface area (Å²) >= 11 is 0. The summed E-state index contributed by atoms with van der Waals surface area (Å²) < 4.78 is 12.9. The maximum absolute atomic E-state index is 12.9. The third-order valence-corrected chi connectivity index (χ3v) is 2.64. The van der Waals surface area contributed by atoms with Crippen LogP contribution < -0.4 is 5.73 Å². The lowest BCUT2D eigenvalue weighted by Crippen LogP contribution is -2.26. The second kappa shape index (κ2) is 5.11. The molecule has 2 atom stereocenters. The number of benzene rings is 1. The first-order chi connectivity index (χ1) is 6.65. The Kier molecular flexibility index (Phi) is 4.08. The predicted octanol–water partition coefficient (Wildman–Crippen LogP) is 3.06. The molecule has 0 aliphatic rings. The summed E-state index contributed by atoms with van der Waals surface area (Å²) in [6.07, 6.45) is 2.05. The summed E-state index contributed by atoms with van der Waals surface area (Å²) in [7, 11) is 0. The molecule has 0 heterocycles. The number of hydrogen-bond acceptors (Lipinski definition) is 1. The van der Waals surface area contributed by atoms with Crippen LogP contribution in [0, 0.1) is 5.82 Å². The molecule has 0 fully saturated rings. The highest BCUT2D eigenvalue weighted by Gasteiger charge is 2.13. The Hall–Kier alpha value is -0.890. The van der Waals surface area contributed by atoms with Crippen molar-refractivity contribution in [3.63, 3.8) is 0 Å². The first kappa shape index (κ1) is 11.2. The van der Waals surface area contributed by atoms with Crippen molar-refractivity contribution in [3.8, 4) is 0 Å². The topological polar surface area (TPSA) is 26.0 Å². The Morgan fingerprint density at radius 2 is 2.14 bits per heavy atom. The van der Waals surface area contributed by atoms with E-state index in [4.69, 9.17) is 5.73 Å². The van der Waals surface area contributed by atoms with Gasteiger partial charge in [-0.05, 0) is 30.0 Å². The van der Waals surface area contributed by atoms with E-state index < -0.39 is 0 Å². The molecule has 1 aromatic carbocycles. The zero-order valence-electron chi connectivity index (χ0n) is 8.83. The molecule has 0 aliphatic carbocycles. The van der Waals surface area contributed by atoms with Crippen LogP contribution in [0.4, 0.5) is 4.39 Å². The maximum atomic E-state index is 12.9. The average molecular weight is 195 g/mol. The lowest BCUT2D eigenvalue weighted by molar-refractivity contribution is 0.519. The van der Waals surface area contributed by atoms with Crippen molar-refractivity contribution in [2.45, 2.75) is 38.6 Å². The van der Waals surface area contributed by atoms with Crippen LogP contribution in [0.5, 0.6) is 0 Å². The first-order valence-corrected chi connectivity index (χ1v) is 5.16. The Balaban J connectivity index is 2.73. The van der Waals surface area contributed by atoms with E-state index in [1.165, 1.54) is 6.07 Å². The molecule has 0 amide bonds. The molecular weight excluding hydrogens is 177 g/mol. The summed E-state index contributed by atoms with van der Waals surface area (Å²) in [5.41, 5.74) is 6.98. The summed E-state index contributed by atoms with van der Waals surface area (Å²) in [5.74, 6) is 0.0451. The number of nitrogens with two attached hydrogens (primary N) is 1. The van der Waals surface area contributed by atoms with E-state index >= 15 is 0 Å². The van der Waals surface area contributed by atoms with Crippen LogP contribution in [0.3, 0.4) is 0 Å². The highest BCUT2D eigenvalue weighted by Crippen LogP contribution is 2.21. The SMILES string of the molecule is CCCC(N)C(C)c1cccc(F)c1. The second-order valence-corrected chi connectivity index (χ2v) is 3.80. The first-order valence-electron chi connectivity index (χ1n) is 5.16. The van der Waals surface area contributed by atoms with Gasteiger partial charge in [0.2, 0.25) is 0 Å². The zero-order chi connectivity index (χ0) is 10.6. The van der Waals surface area contributed by atoms with Crippen molar-refractivity contribution in [2.75, 3.05) is 0 Å². The monoisotopic (exact) mass is 195 g/mol. The molecule has 14 heavy (non-hydrogen) atoms. The van der Waals surface area contributed by atoms with Gasteiger partial charge < -0.3 is 5.73 Å². The third kappa shape index (κ3) is 2.81. The van der Waals surface area contributed by atoms with E-state index in [9.17, 15) is 4.39 Å². The fraction of sp³-hybridized carbons (Fsp3) is 0.500. The number of halogens is 1. The summed E-state index contributed by atoms with van der Waals surface area (Å²) in [6, 6.07) is 6.83. The summed E-state index contributed by atoms with van der Waals surface area (Å²) in [4.78, 5) is 0. The molecule has 2 heteroatoms. The van der Waals surface area contributed by atoms with Crippen LogP contribution in [-0.2, 0) is 0 Å². The summed E-state index contributed by atoms with van der Waals surface area (Å²) in [5, 5.41) is 0. The fourth-order valence-corrected chi connectivity index (χ4v) is 1.62.